The number of hydroxylamine groups is 2. The van der Waals surface area contributed by atoms with Crippen LogP contribution in [0.3, 0.4) is 0 Å². The van der Waals surface area contributed by atoms with Gasteiger partial charge in [0.1, 0.15) is 0 Å². The quantitative estimate of drug-likeness (QED) is 0.626. The van der Waals surface area contributed by atoms with Gasteiger partial charge in [-0.3, -0.25) is 4.84 Å². The number of nitrogens with zero attached hydrogens (tertiary/aromatic N) is 4. The predicted octanol–water partition coefficient (Wildman–Crippen LogP) is 1.70. The summed E-state index contributed by atoms with van der Waals surface area (Å²) in [5, 5.41) is 27.8. The SMILES string of the molecule is CC(C#N)CON(CC(C)C#N)CC(C)C#N. The maximum atomic E-state index is 8.75. The van der Waals surface area contributed by atoms with Gasteiger partial charge in [-0.25, -0.2) is 0 Å². The number of nitriles is 3. The molecule has 0 heterocycles. The Labute approximate surface area is 103 Å². The standard InChI is InChI=1S/C12H18N4O/c1-10(4-13)7-16(8-11(2)5-14)17-9-12(3)6-15/h10-12H,7-9H2,1-3H3. The van der Waals surface area contributed by atoms with Crippen molar-refractivity contribution in [3.63, 3.8) is 0 Å². The number of hydrogen-bond acceptors (Lipinski definition) is 5. The fourth-order valence-electron chi connectivity index (χ4n) is 1.13. The monoisotopic (exact) mass is 234 g/mol. The molecule has 0 aliphatic carbocycles. The van der Waals surface area contributed by atoms with Gasteiger partial charge in [-0.15, -0.1) is 0 Å². The summed E-state index contributed by atoms with van der Waals surface area (Å²) in [7, 11) is 0. The van der Waals surface area contributed by atoms with Crippen LogP contribution >= 0.6 is 0 Å². The third-order valence-corrected chi connectivity index (χ3v) is 2.12. The first-order chi connectivity index (χ1) is 8.03. The van der Waals surface area contributed by atoms with Gasteiger partial charge in [0.05, 0.1) is 42.6 Å². The van der Waals surface area contributed by atoms with E-state index >= 15 is 0 Å². The molecule has 3 unspecified atom stereocenters. The van der Waals surface area contributed by atoms with Crippen LogP contribution in [-0.4, -0.2) is 24.8 Å². The Balaban J connectivity index is 4.27. The predicted molar refractivity (Wildman–Crippen MR) is 61.9 cm³/mol. The fourth-order valence-corrected chi connectivity index (χ4v) is 1.13. The summed E-state index contributed by atoms with van der Waals surface area (Å²) >= 11 is 0. The van der Waals surface area contributed by atoms with Gasteiger partial charge in [0.15, 0.2) is 0 Å². The highest BCUT2D eigenvalue weighted by Gasteiger charge is 2.15. The zero-order valence-electron chi connectivity index (χ0n) is 10.6. The third-order valence-electron chi connectivity index (χ3n) is 2.12. The largest absolute Gasteiger partial charge is 0.298 e. The van der Waals surface area contributed by atoms with E-state index in [4.69, 9.17) is 20.6 Å². The van der Waals surface area contributed by atoms with Crippen LogP contribution in [0.15, 0.2) is 0 Å². The van der Waals surface area contributed by atoms with Gasteiger partial charge < -0.3 is 0 Å². The van der Waals surface area contributed by atoms with Crippen molar-refractivity contribution in [1.82, 2.24) is 5.06 Å². The molecule has 0 aliphatic rings. The second-order valence-electron chi connectivity index (χ2n) is 4.23. The van der Waals surface area contributed by atoms with Crippen molar-refractivity contribution < 1.29 is 4.84 Å². The van der Waals surface area contributed by atoms with Crippen LogP contribution < -0.4 is 0 Å². The molecule has 0 rings (SSSR count). The lowest BCUT2D eigenvalue weighted by Gasteiger charge is -2.24. The average molecular weight is 234 g/mol. The highest BCUT2D eigenvalue weighted by Crippen LogP contribution is 2.06. The molecule has 17 heavy (non-hydrogen) atoms. The Bertz CT molecular complexity index is 314. The number of rotatable bonds is 7. The Morgan fingerprint density at radius 1 is 0.882 bits per heavy atom. The molecule has 0 aromatic carbocycles. The summed E-state index contributed by atoms with van der Waals surface area (Å²) in [6, 6.07) is 6.31. The van der Waals surface area contributed by atoms with E-state index in [0.717, 1.165) is 0 Å². The lowest BCUT2D eigenvalue weighted by Crippen LogP contribution is -2.33. The highest BCUT2D eigenvalue weighted by atomic mass is 16.7. The molecule has 0 aromatic rings. The first kappa shape index (κ1) is 15.4. The molecular weight excluding hydrogens is 216 g/mol. The lowest BCUT2D eigenvalue weighted by molar-refractivity contribution is -0.172. The van der Waals surface area contributed by atoms with Crippen molar-refractivity contribution in [2.45, 2.75) is 20.8 Å². The zero-order chi connectivity index (χ0) is 13.3. The highest BCUT2D eigenvalue weighted by molar-refractivity contribution is 4.84. The summed E-state index contributed by atoms with van der Waals surface area (Å²) in [4.78, 5) is 5.45. The van der Waals surface area contributed by atoms with Crippen molar-refractivity contribution in [2.24, 2.45) is 17.8 Å². The van der Waals surface area contributed by atoms with E-state index in [0.29, 0.717) is 13.1 Å². The lowest BCUT2D eigenvalue weighted by atomic mass is 10.1. The van der Waals surface area contributed by atoms with Crippen molar-refractivity contribution in [3.8, 4) is 18.2 Å². The molecule has 0 saturated carbocycles. The van der Waals surface area contributed by atoms with Crippen LogP contribution in [0, 0.1) is 51.7 Å². The van der Waals surface area contributed by atoms with Crippen molar-refractivity contribution in [3.05, 3.63) is 0 Å². The Morgan fingerprint density at radius 2 is 1.29 bits per heavy atom. The van der Waals surface area contributed by atoms with Gasteiger partial charge in [-0.1, -0.05) is 0 Å². The van der Waals surface area contributed by atoms with Crippen LogP contribution in [0.5, 0.6) is 0 Å². The molecule has 0 aliphatic heterocycles. The van der Waals surface area contributed by atoms with Gasteiger partial charge >= 0.3 is 0 Å². The molecule has 0 amide bonds. The van der Waals surface area contributed by atoms with Gasteiger partial charge in [0.2, 0.25) is 0 Å². The molecule has 0 spiro atoms. The van der Waals surface area contributed by atoms with Crippen LogP contribution in [0.4, 0.5) is 0 Å². The third kappa shape index (κ3) is 7.30. The molecule has 5 heteroatoms. The topological polar surface area (TPSA) is 83.8 Å². The normalized spacial score (nSPS) is 15.4. The Morgan fingerprint density at radius 3 is 1.65 bits per heavy atom. The van der Waals surface area contributed by atoms with E-state index in [9.17, 15) is 0 Å². The molecule has 0 fully saturated rings. The maximum absolute atomic E-state index is 8.75. The van der Waals surface area contributed by atoms with E-state index in [1.54, 1.807) is 25.8 Å². The summed E-state index contributed by atoms with van der Waals surface area (Å²) in [5.74, 6) is -0.538. The zero-order valence-corrected chi connectivity index (χ0v) is 10.6. The molecular formula is C12H18N4O. The van der Waals surface area contributed by atoms with Gasteiger partial charge in [0.25, 0.3) is 0 Å². The second-order valence-corrected chi connectivity index (χ2v) is 4.23. The van der Waals surface area contributed by atoms with Crippen LogP contribution in [-0.2, 0) is 4.84 Å². The van der Waals surface area contributed by atoms with Crippen molar-refractivity contribution in [2.75, 3.05) is 19.7 Å². The first-order valence-corrected chi connectivity index (χ1v) is 5.60. The van der Waals surface area contributed by atoms with Gasteiger partial charge in [0, 0.05) is 13.1 Å². The first-order valence-electron chi connectivity index (χ1n) is 5.60. The van der Waals surface area contributed by atoms with E-state index in [1.165, 1.54) is 0 Å². The van der Waals surface area contributed by atoms with Crippen molar-refractivity contribution in [1.29, 1.82) is 15.8 Å². The van der Waals surface area contributed by atoms with Crippen LogP contribution in [0.2, 0.25) is 0 Å². The molecule has 0 bridgehead atoms. The molecule has 0 aromatic heterocycles. The minimum absolute atomic E-state index is 0.168. The van der Waals surface area contributed by atoms with E-state index in [2.05, 4.69) is 18.2 Å². The molecule has 0 radical (unpaired) electrons. The summed E-state index contributed by atoms with van der Waals surface area (Å²) in [6.45, 7) is 6.52. The molecule has 5 nitrogen and oxygen atoms in total. The molecule has 3 atom stereocenters. The Kier molecular flexibility index (Phi) is 7.72. The summed E-state index contributed by atoms with van der Waals surface area (Å²) in [6.07, 6.45) is 0. The van der Waals surface area contributed by atoms with Gasteiger partial charge in [-0.05, 0) is 20.8 Å². The van der Waals surface area contributed by atoms with E-state index in [1.807, 2.05) is 0 Å². The molecule has 0 N–H and O–H groups in total. The Hall–Kier alpha value is -1.61. The van der Waals surface area contributed by atoms with Crippen LogP contribution in [0.25, 0.3) is 0 Å². The van der Waals surface area contributed by atoms with E-state index < -0.39 is 0 Å². The fraction of sp³-hybridized carbons (Fsp3) is 0.750. The molecule has 0 saturated heterocycles. The minimum Gasteiger partial charge on any atom is -0.298 e. The number of hydrogen-bond donors (Lipinski definition) is 0. The maximum Gasteiger partial charge on any atom is 0.0840 e. The summed E-state index contributed by atoms with van der Waals surface area (Å²) in [5.41, 5.74) is 0. The van der Waals surface area contributed by atoms with Crippen LogP contribution in [0.1, 0.15) is 20.8 Å². The van der Waals surface area contributed by atoms with Crippen molar-refractivity contribution >= 4 is 0 Å². The van der Waals surface area contributed by atoms with Gasteiger partial charge in [-0.2, -0.15) is 20.8 Å². The smallest absolute Gasteiger partial charge is 0.0840 e. The summed E-state index contributed by atoms with van der Waals surface area (Å²) < 4.78 is 0. The second kappa shape index (κ2) is 8.53. The molecule has 92 valence electrons. The minimum atomic E-state index is -0.202. The van der Waals surface area contributed by atoms with E-state index in [-0.39, 0.29) is 24.4 Å². The average Bonchev–Trinajstić information content (AvgIpc) is 2.34.